The largest absolute Gasteiger partial charge is 0.419 e. The zero-order valence-electron chi connectivity index (χ0n) is 10.8. The van der Waals surface area contributed by atoms with Crippen LogP contribution >= 0.6 is 0 Å². The Bertz CT molecular complexity index is 627. The van der Waals surface area contributed by atoms with Crippen LogP contribution in [0.5, 0.6) is 0 Å². The fourth-order valence-corrected chi connectivity index (χ4v) is 3.34. The maximum absolute atomic E-state index is 13.2. The first-order valence-electron chi connectivity index (χ1n) is 6.24. The van der Waals surface area contributed by atoms with Gasteiger partial charge in [0.25, 0.3) is 0 Å². The average Bonchev–Trinajstić information content (AvgIpc) is 3.19. The molecule has 0 radical (unpaired) electrons. The summed E-state index contributed by atoms with van der Waals surface area (Å²) in [6.45, 7) is 0.0528. The second-order valence-corrected chi connectivity index (χ2v) is 6.65. The lowest BCUT2D eigenvalue weighted by Gasteiger charge is -2.17. The molecule has 21 heavy (non-hydrogen) atoms. The molecule has 1 aliphatic rings. The van der Waals surface area contributed by atoms with Gasteiger partial charge in [-0.15, -0.1) is 0 Å². The van der Waals surface area contributed by atoms with E-state index in [0.29, 0.717) is 6.07 Å². The molecular weight excluding hydrogens is 312 g/mol. The van der Waals surface area contributed by atoms with E-state index in [4.69, 9.17) is 5.73 Å². The second-order valence-electron chi connectivity index (χ2n) is 4.94. The van der Waals surface area contributed by atoms with Crippen molar-refractivity contribution < 1.29 is 26.0 Å². The molecule has 1 aromatic carbocycles. The minimum Gasteiger partial charge on any atom is -0.329 e. The van der Waals surface area contributed by atoms with Crippen molar-refractivity contribution in [1.29, 1.82) is 0 Å². The van der Waals surface area contributed by atoms with Crippen LogP contribution < -0.4 is 10.5 Å². The number of nitrogens with one attached hydrogen (secondary N) is 1. The standard InChI is InChI=1S/C12H14F4N2O2S/c13-10-4-3-8(5-9(10)12(14,15)16)21(19,20)18-11(6-17)7-1-2-7/h3-5,7,11,18H,1-2,6,17H2. The molecule has 0 aliphatic heterocycles. The number of rotatable bonds is 5. The number of halogens is 4. The van der Waals surface area contributed by atoms with Gasteiger partial charge in [0.1, 0.15) is 5.82 Å². The summed E-state index contributed by atoms with van der Waals surface area (Å²) in [5.41, 5.74) is 3.85. The van der Waals surface area contributed by atoms with Crippen LogP contribution in [0.15, 0.2) is 23.1 Å². The van der Waals surface area contributed by atoms with Crippen LogP contribution in [-0.4, -0.2) is 21.0 Å². The highest BCUT2D eigenvalue weighted by atomic mass is 32.2. The number of benzene rings is 1. The van der Waals surface area contributed by atoms with Gasteiger partial charge in [0.2, 0.25) is 10.0 Å². The summed E-state index contributed by atoms with van der Waals surface area (Å²) in [5, 5.41) is 0. The molecular formula is C12H14F4N2O2S. The first-order chi connectivity index (χ1) is 9.65. The molecule has 0 amide bonds. The van der Waals surface area contributed by atoms with Gasteiger partial charge in [-0.05, 0) is 37.0 Å². The molecule has 4 nitrogen and oxygen atoms in total. The maximum atomic E-state index is 13.2. The molecule has 0 aromatic heterocycles. The zero-order chi connectivity index (χ0) is 15.8. The highest BCUT2D eigenvalue weighted by Gasteiger charge is 2.37. The molecule has 0 saturated heterocycles. The summed E-state index contributed by atoms with van der Waals surface area (Å²) < 4.78 is 77.4. The SMILES string of the molecule is NCC(NS(=O)(=O)c1ccc(F)c(C(F)(F)F)c1)C1CC1. The molecule has 118 valence electrons. The highest BCUT2D eigenvalue weighted by Crippen LogP contribution is 2.34. The summed E-state index contributed by atoms with van der Waals surface area (Å²) in [4.78, 5) is -0.629. The Morgan fingerprint density at radius 2 is 1.95 bits per heavy atom. The number of nitrogens with two attached hydrogens (primary N) is 1. The number of sulfonamides is 1. The van der Waals surface area contributed by atoms with Gasteiger partial charge in [0.15, 0.2) is 0 Å². The van der Waals surface area contributed by atoms with Gasteiger partial charge in [0.05, 0.1) is 10.5 Å². The maximum Gasteiger partial charge on any atom is 0.419 e. The van der Waals surface area contributed by atoms with Gasteiger partial charge in [-0.3, -0.25) is 0 Å². The molecule has 0 spiro atoms. The Hall–Kier alpha value is -1.19. The second kappa shape index (κ2) is 5.54. The van der Waals surface area contributed by atoms with E-state index in [1.807, 2.05) is 0 Å². The first kappa shape index (κ1) is 16.2. The molecule has 1 unspecified atom stereocenters. The third-order valence-corrected chi connectivity index (χ3v) is 4.79. The van der Waals surface area contributed by atoms with E-state index < -0.39 is 38.5 Å². The lowest BCUT2D eigenvalue weighted by atomic mass is 10.2. The predicted octanol–water partition coefficient (Wildman–Crippen LogP) is 1.86. The van der Waals surface area contributed by atoms with Crippen molar-refractivity contribution >= 4 is 10.0 Å². The van der Waals surface area contributed by atoms with Crippen molar-refractivity contribution in [3.63, 3.8) is 0 Å². The van der Waals surface area contributed by atoms with Gasteiger partial charge in [-0.2, -0.15) is 13.2 Å². The molecule has 1 aliphatic carbocycles. The predicted molar refractivity (Wildman–Crippen MR) is 67.3 cm³/mol. The van der Waals surface area contributed by atoms with E-state index in [9.17, 15) is 26.0 Å². The molecule has 1 atom stereocenters. The van der Waals surface area contributed by atoms with Crippen molar-refractivity contribution in [2.45, 2.75) is 30.0 Å². The van der Waals surface area contributed by atoms with Gasteiger partial charge in [0, 0.05) is 12.6 Å². The van der Waals surface area contributed by atoms with E-state index in [1.165, 1.54) is 0 Å². The quantitative estimate of drug-likeness (QED) is 0.811. The highest BCUT2D eigenvalue weighted by molar-refractivity contribution is 7.89. The molecule has 3 N–H and O–H groups in total. The lowest BCUT2D eigenvalue weighted by molar-refractivity contribution is -0.140. The molecule has 0 heterocycles. The Balaban J connectivity index is 2.31. The molecule has 1 fully saturated rings. The van der Waals surface area contributed by atoms with Gasteiger partial charge >= 0.3 is 6.18 Å². The van der Waals surface area contributed by atoms with E-state index in [0.717, 1.165) is 18.9 Å². The minimum atomic E-state index is -4.96. The smallest absolute Gasteiger partial charge is 0.329 e. The fraction of sp³-hybridized carbons (Fsp3) is 0.500. The van der Waals surface area contributed by atoms with Crippen LogP contribution in [0.4, 0.5) is 17.6 Å². The first-order valence-corrected chi connectivity index (χ1v) is 7.72. The van der Waals surface area contributed by atoms with Crippen LogP contribution in [0.2, 0.25) is 0 Å². The van der Waals surface area contributed by atoms with Crippen molar-refractivity contribution in [3.8, 4) is 0 Å². The Kier molecular flexibility index (Phi) is 4.27. The minimum absolute atomic E-state index is 0.0528. The van der Waals surface area contributed by atoms with Crippen molar-refractivity contribution in [2.75, 3.05) is 6.54 Å². The summed E-state index contributed by atoms with van der Waals surface area (Å²) in [6, 6.07) is 1.06. The third kappa shape index (κ3) is 3.72. The van der Waals surface area contributed by atoms with Gasteiger partial charge < -0.3 is 5.73 Å². The summed E-state index contributed by atoms with van der Waals surface area (Å²) >= 11 is 0. The average molecular weight is 326 g/mol. The molecule has 2 rings (SSSR count). The topological polar surface area (TPSA) is 72.2 Å². The van der Waals surface area contributed by atoms with E-state index >= 15 is 0 Å². The van der Waals surface area contributed by atoms with E-state index in [1.54, 1.807) is 0 Å². The van der Waals surface area contributed by atoms with Crippen LogP contribution in [0.1, 0.15) is 18.4 Å². The van der Waals surface area contributed by atoms with Crippen LogP contribution in [-0.2, 0) is 16.2 Å². The van der Waals surface area contributed by atoms with Gasteiger partial charge in [-0.25, -0.2) is 17.5 Å². The van der Waals surface area contributed by atoms with Crippen molar-refractivity contribution in [1.82, 2.24) is 4.72 Å². The summed E-state index contributed by atoms with van der Waals surface area (Å²) in [7, 11) is -4.17. The van der Waals surface area contributed by atoms with Crippen LogP contribution in [0, 0.1) is 11.7 Å². The van der Waals surface area contributed by atoms with Crippen LogP contribution in [0.3, 0.4) is 0 Å². The molecule has 1 saturated carbocycles. The Morgan fingerprint density at radius 3 is 2.43 bits per heavy atom. The van der Waals surface area contributed by atoms with Gasteiger partial charge in [-0.1, -0.05) is 0 Å². The van der Waals surface area contributed by atoms with Crippen molar-refractivity contribution in [3.05, 3.63) is 29.6 Å². The third-order valence-electron chi connectivity index (χ3n) is 3.31. The monoisotopic (exact) mass is 326 g/mol. The molecule has 0 bridgehead atoms. The summed E-state index contributed by atoms with van der Waals surface area (Å²) in [6.07, 6.45) is -3.32. The van der Waals surface area contributed by atoms with E-state index in [2.05, 4.69) is 4.72 Å². The van der Waals surface area contributed by atoms with Crippen LogP contribution in [0.25, 0.3) is 0 Å². The Labute approximate surface area is 119 Å². The normalized spacial score (nSPS) is 17.8. The zero-order valence-corrected chi connectivity index (χ0v) is 11.6. The molecule has 1 aromatic rings. The number of alkyl halides is 3. The van der Waals surface area contributed by atoms with Crippen molar-refractivity contribution in [2.24, 2.45) is 11.7 Å². The number of hydrogen-bond donors (Lipinski definition) is 2. The summed E-state index contributed by atoms with van der Waals surface area (Å²) in [5.74, 6) is -1.41. The van der Waals surface area contributed by atoms with E-state index in [-0.39, 0.29) is 18.5 Å². The lowest BCUT2D eigenvalue weighted by Crippen LogP contribution is -2.41. The Morgan fingerprint density at radius 1 is 1.33 bits per heavy atom. The fourth-order valence-electron chi connectivity index (χ4n) is 1.99. The molecule has 9 heteroatoms. The number of hydrogen-bond acceptors (Lipinski definition) is 3.